The molecular weight excluding hydrogens is 403 g/mol. The molecular formula is C23H17FN2O3S. The molecule has 30 heavy (non-hydrogen) atoms. The molecule has 0 aliphatic heterocycles. The van der Waals surface area contributed by atoms with Gasteiger partial charge in [0.2, 0.25) is 0 Å². The molecule has 0 aliphatic carbocycles. The maximum Gasteiger partial charge on any atom is 0.256 e. The Morgan fingerprint density at radius 3 is 2.43 bits per heavy atom. The van der Waals surface area contributed by atoms with Crippen LogP contribution in [0.3, 0.4) is 0 Å². The van der Waals surface area contributed by atoms with Crippen LogP contribution >= 0.6 is 0 Å². The molecule has 0 saturated heterocycles. The summed E-state index contributed by atoms with van der Waals surface area (Å²) in [7, 11) is -3.41. The summed E-state index contributed by atoms with van der Waals surface area (Å²) in [6, 6.07) is 21.0. The number of anilines is 1. The Bertz CT molecular complexity index is 1370. The van der Waals surface area contributed by atoms with E-state index in [1.54, 1.807) is 18.2 Å². The van der Waals surface area contributed by atoms with E-state index in [0.29, 0.717) is 27.8 Å². The summed E-state index contributed by atoms with van der Waals surface area (Å²) in [4.78, 5) is 17.7. The Labute approximate surface area is 173 Å². The number of carbonyl (C=O) groups excluding carboxylic acids is 1. The second-order valence-corrected chi connectivity index (χ2v) is 8.85. The lowest BCUT2D eigenvalue weighted by Gasteiger charge is -2.11. The van der Waals surface area contributed by atoms with Crippen molar-refractivity contribution in [2.45, 2.75) is 4.90 Å². The molecule has 1 heterocycles. The average molecular weight is 420 g/mol. The lowest BCUT2D eigenvalue weighted by molar-refractivity contribution is 0.102. The summed E-state index contributed by atoms with van der Waals surface area (Å²) in [5.74, 6) is -0.899. The predicted octanol–water partition coefficient (Wildman–Crippen LogP) is 4.70. The van der Waals surface area contributed by atoms with E-state index < -0.39 is 21.6 Å². The van der Waals surface area contributed by atoms with E-state index in [9.17, 15) is 17.6 Å². The second-order valence-electron chi connectivity index (χ2n) is 6.84. The van der Waals surface area contributed by atoms with Gasteiger partial charge in [0, 0.05) is 29.0 Å². The molecule has 0 bridgehead atoms. The summed E-state index contributed by atoms with van der Waals surface area (Å²) in [5, 5.41) is 3.22. The van der Waals surface area contributed by atoms with E-state index >= 15 is 0 Å². The Kier molecular flexibility index (Phi) is 5.05. The van der Waals surface area contributed by atoms with Gasteiger partial charge in [-0.15, -0.1) is 0 Å². The summed E-state index contributed by atoms with van der Waals surface area (Å²) in [5.41, 5.74) is 2.33. The Hall–Kier alpha value is -3.58. The van der Waals surface area contributed by atoms with Crippen LogP contribution < -0.4 is 5.32 Å². The molecule has 1 amide bonds. The van der Waals surface area contributed by atoms with E-state index in [2.05, 4.69) is 10.3 Å². The first-order valence-corrected chi connectivity index (χ1v) is 11.0. The maximum absolute atomic E-state index is 13.8. The summed E-state index contributed by atoms with van der Waals surface area (Å²) in [6.45, 7) is 0. The Morgan fingerprint density at radius 1 is 0.933 bits per heavy atom. The fourth-order valence-electron chi connectivity index (χ4n) is 3.15. The van der Waals surface area contributed by atoms with Crippen molar-refractivity contribution >= 4 is 32.3 Å². The van der Waals surface area contributed by atoms with Gasteiger partial charge in [-0.25, -0.2) is 17.8 Å². The molecule has 0 radical (unpaired) electrons. The van der Waals surface area contributed by atoms with E-state index in [-0.39, 0.29) is 4.90 Å². The number of hydrogen-bond acceptors (Lipinski definition) is 4. The highest BCUT2D eigenvalue weighted by Gasteiger charge is 2.16. The third-order valence-corrected chi connectivity index (χ3v) is 5.72. The summed E-state index contributed by atoms with van der Waals surface area (Å²) >= 11 is 0. The normalized spacial score (nSPS) is 11.4. The van der Waals surface area contributed by atoms with E-state index in [1.165, 1.54) is 30.3 Å². The van der Waals surface area contributed by atoms with Crippen LogP contribution in [-0.2, 0) is 9.84 Å². The van der Waals surface area contributed by atoms with Gasteiger partial charge < -0.3 is 5.32 Å². The van der Waals surface area contributed by atoms with Crippen molar-refractivity contribution < 1.29 is 17.6 Å². The lowest BCUT2D eigenvalue weighted by atomic mass is 10.0. The van der Waals surface area contributed by atoms with E-state index in [4.69, 9.17) is 0 Å². The number of halogens is 1. The van der Waals surface area contributed by atoms with Crippen LogP contribution in [0.15, 0.2) is 83.8 Å². The first kappa shape index (κ1) is 19.7. The minimum Gasteiger partial charge on any atom is -0.322 e. The van der Waals surface area contributed by atoms with Crippen molar-refractivity contribution in [2.24, 2.45) is 0 Å². The molecule has 4 aromatic rings. The van der Waals surface area contributed by atoms with Crippen molar-refractivity contribution in [2.75, 3.05) is 11.6 Å². The van der Waals surface area contributed by atoms with Gasteiger partial charge in [0.25, 0.3) is 5.91 Å². The molecule has 1 aromatic heterocycles. The molecule has 0 aliphatic rings. The first-order chi connectivity index (χ1) is 14.3. The molecule has 1 N–H and O–H groups in total. The predicted molar refractivity (Wildman–Crippen MR) is 115 cm³/mol. The van der Waals surface area contributed by atoms with Crippen LogP contribution in [0.4, 0.5) is 10.1 Å². The van der Waals surface area contributed by atoms with Crippen LogP contribution in [0.1, 0.15) is 10.4 Å². The SMILES string of the molecule is CS(=O)(=O)c1cccc(NC(=O)c2cc(-c3ccccc3)nc3cc(F)ccc23)c1. The van der Waals surface area contributed by atoms with Gasteiger partial charge in [0.15, 0.2) is 9.84 Å². The first-order valence-electron chi connectivity index (χ1n) is 9.08. The number of benzene rings is 3. The summed E-state index contributed by atoms with van der Waals surface area (Å²) < 4.78 is 37.4. The number of nitrogens with one attached hydrogen (secondary N) is 1. The zero-order chi connectivity index (χ0) is 21.3. The minimum absolute atomic E-state index is 0.104. The van der Waals surface area contributed by atoms with Gasteiger partial charge in [-0.1, -0.05) is 36.4 Å². The molecule has 4 rings (SSSR count). The van der Waals surface area contributed by atoms with Crippen molar-refractivity contribution in [3.8, 4) is 11.3 Å². The number of rotatable bonds is 4. The minimum atomic E-state index is -3.41. The zero-order valence-electron chi connectivity index (χ0n) is 16.0. The number of nitrogens with zero attached hydrogens (tertiary/aromatic N) is 1. The van der Waals surface area contributed by atoms with Crippen LogP contribution in [0.2, 0.25) is 0 Å². The summed E-state index contributed by atoms with van der Waals surface area (Å²) in [6.07, 6.45) is 1.10. The topological polar surface area (TPSA) is 76.1 Å². The Morgan fingerprint density at radius 2 is 1.70 bits per heavy atom. The number of pyridine rings is 1. The third kappa shape index (κ3) is 4.06. The molecule has 5 nitrogen and oxygen atoms in total. The molecule has 0 spiro atoms. The number of fused-ring (bicyclic) bond motifs is 1. The van der Waals surface area contributed by atoms with Gasteiger partial charge in [-0.2, -0.15) is 0 Å². The number of sulfone groups is 1. The van der Waals surface area contributed by atoms with Gasteiger partial charge in [0.05, 0.1) is 21.7 Å². The molecule has 7 heteroatoms. The molecule has 3 aromatic carbocycles. The van der Waals surface area contributed by atoms with E-state index in [0.717, 1.165) is 11.8 Å². The molecule has 150 valence electrons. The second kappa shape index (κ2) is 7.68. The number of aromatic nitrogens is 1. The van der Waals surface area contributed by atoms with Crippen LogP contribution in [0, 0.1) is 5.82 Å². The standard InChI is InChI=1S/C23H17FN2O3S/c1-30(28,29)18-9-5-8-17(13-18)25-23(27)20-14-21(15-6-3-2-4-7-15)26-22-12-16(24)10-11-19(20)22/h2-14H,1H3,(H,25,27). The van der Waals surface area contributed by atoms with Crippen molar-refractivity contribution in [3.05, 3.63) is 90.2 Å². The molecule has 0 fully saturated rings. The van der Waals surface area contributed by atoms with Gasteiger partial charge in [-0.3, -0.25) is 4.79 Å². The number of hydrogen-bond donors (Lipinski definition) is 1. The van der Waals surface area contributed by atoms with Gasteiger partial charge in [-0.05, 0) is 36.4 Å². The van der Waals surface area contributed by atoms with Crippen molar-refractivity contribution in [1.29, 1.82) is 0 Å². The highest BCUT2D eigenvalue weighted by atomic mass is 32.2. The molecule has 0 unspecified atom stereocenters. The largest absolute Gasteiger partial charge is 0.322 e. The molecule has 0 atom stereocenters. The Balaban J connectivity index is 1.80. The van der Waals surface area contributed by atoms with Crippen molar-refractivity contribution in [1.82, 2.24) is 4.98 Å². The maximum atomic E-state index is 13.8. The molecule has 0 saturated carbocycles. The highest BCUT2D eigenvalue weighted by Crippen LogP contribution is 2.26. The quantitative estimate of drug-likeness (QED) is 0.519. The smallest absolute Gasteiger partial charge is 0.256 e. The number of amides is 1. The fourth-order valence-corrected chi connectivity index (χ4v) is 3.82. The van der Waals surface area contributed by atoms with Crippen LogP contribution in [0.5, 0.6) is 0 Å². The van der Waals surface area contributed by atoms with Gasteiger partial charge in [0.1, 0.15) is 5.82 Å². The average Bonchev–Trinajstić information content (AvgIpc) is 2.73. The van der Waals surface area contributed by atoms with Crippen LogP contribution in [-0.4, -0.2) is 25.6 Å². The number of carbonyl (C=O) groups is 1. The van der Waals surface area contributed by atoms with Crippen molar-refractivity contribution in [3.63, 3.8) is 0 Å². The lowest BCUT2D eigenvalue weighted by Crippen LogP contribution is -2.13. The third-order valence-electron chi connectivity index (χ3n) is 4.61. The van der Waals surface area contributed by atoms with E-state index in [1.807, 2.05) is 30.3 Å². The van der Waals surface area contributed by atoms with Crippen LogP contribution in [0.25, 0.3) is 22.2 Å². The monoisotopic (exact) mass is 420 g/mol. The highest BCUT2D eigenvalue weighted by molar-refractivity contribution is 7.90. The zero-order valence-corrected chi connectivity index (χ0v) is 16.8. The van der Waals surface area contributed by atoms with Gasteiger partial charge >= 0.3 is 0 Å². The fraction of sp³-hybridized carbons (Fsp3) is 0.0435.